The molecule has 1 radical (unpaired) electrons. The van der Waals surface area contributed by atoms with E-state index in [1.54, 1.807) is 0 Å². The Morgan fingerprint density at radius 3 is 1.29 bits per heavy atom. The van der Waals surface area contributed by atoms with Crippen molar-refractivity contribution in [3.63, 3.8) is 0 Å². The smallest absolute Gasteiger partial charge is 0.145 e. The van der Waals surface area contributed by atoms with Crippen molar-refractivity contribution in [3.8, 4) is 22.5 Å². The first-order valence-corrected chi connectivity index (χ1v) is 20.9. The molecule has 0 amide bonds. The zero-order valence-corrected chi connectivity index (χ0v) is 37.6. The van der Waals surface area contributed by atoms with Crippen molar-refractivity contribution in [2.45, 2.75) is 79.1 Å². The van der Waals surface area contributed by atoms with Gasteiger partial charge >= 0.3 is 0 Å². The van der Waals surface area contributed by atoms with E-state index in [1.807, 2.05) is 6.07 Å². The third-order valence-electron chi connectivity index (χ3n) is 11.9. The maximum atomic E-state index is 4.94. The van der Waals surface area contributed by atoms with Crippen molar-refractivity contribution < 1.29 is 20.1 Å². The molecule has 0 spiro atoms. The van der Waals surface area contributed by atoms with E-state index in [-0.39, 0.29) is 20.1 Å². The minimum Gasteiger partial charge on any atom is -0.333 e. The fourth-order valence-corrected chi connectivity index (χ4v) is 9.16. The number of rotatable bonds is 6. The summed E-state index contributed by atoms with van der Waals surface area (Å²) in [6.45, 7) is 18.2. The molecule has 297 valence electrons. The Morgan fingerprint density at radius 1 is 0.407 bits per heavy atom. The average molecular weight is 948 g/mol. The normalized spacial score (nSPS) is 11.9. The summed E-state index contributed by atoms with van der Waals surface area (Å²) in [5.41, 5.74) is 14.9. The number of nitrogens with zero attached hydrogens (tertiary/aromatic N) is 4. The molecule has 0 unspecified atom stereocenters. The Bertz CT molecular complexity index is 2880. The monoisotopic (exact) mass is 948 g/mol. The Kier molecular flexibility index (Phi) is 11.0. The van der Waals surface area contributed by atoms with Crippen LogP contribution in [0.2, 0.25) is 0 Å². The number of benzene rings is 6. The standard InChI is InChI=1S/C27H26N2.C27H25N2.Ir/c2*1-17(2)19-13-9-14-20(18(3)4)26(19)25-16-28-27-23-12-6-5-10-21(23)22-11-7-8-15-24(22)29(25)27;/h5-18H,1-4H3;5-11,13-18H,1-4H3;/q;-1;. The summed E-state index contributed by atoms with van der Waals surface area (Å²) in [4.78, 5) is 9.84. The van der Waals surface area contributed by atoms with E-state index in [0.29, 0.717) is 23.7 Å². The van der Waals surface area contributed by atoms with Gasteiger partial charge in [0.05, 0.1) is 28.7 Å². The van der Waals surface area contributed by atoms with Crippen LogP contribution in [0.1, 0.15) is 101 Å². The largest absolute Gasteiger partial charge is 0.333 e. The van der Waals surface area contributed by atoms with Crippen LogP contribution in [0.4, 0.5) is 0 Å². The molecule has 10 aromatic rings. The fourth-order valence-electron chi connectivity index (χ4n) is 9.16. The first kappa shape index (κ1) is 40.2. The van der Waals surface area contributed by atoms with Crippen LogP contribution in [0.3, 0.4) is 0 Å². The van der Waals surface area contributed by atoms with Crippen molar-refractivity contribution in [1.29, 1.82) is 0 Å². The number of imidazole rings is 2. The van der Waals surface area contributed by atoms with Gasteiger partial charge in [0.1, 0.15) is 5.65 Å². The Morgan fingerprint density at radius 2 is 0.797 bits per heavy atom. The Labute approximate surface area is 361 Å². The maximum absolute atomic E-state index is 4.94. The molecule has 59 heavy (non-hydrogen) atoms. The van der Waals surface area contributed by atoms with Gasteiger partial charge in [-0.3, -0.25) is 9.38 Å². The quantitative estimate of drug-likeness (QED) is 0.123. The van der Waals surface area contributed by atoms with E-state index in [0.717, 1.165) is 16.7 Å². The molecule has 6 aromatic carbocycles. The van der Waals surface area contributed by atoms with Gasteiger partial charge in [-0.15, -0.1) is 29.7 Å². The van der Waals surface area contributed by atoms with Crippen LogP contribution in [0.25, 0.3) is 77.2 Å². The number of pyridine rings is 2. The van der Waals surface area contributed by atoms with Gasteiger partial charge < -0.3 is 4.40 Å². The van der Waals surface area contributed by atoms with Gasteiger partial charge in [0, 0.05) is 53.7 Å². The van der Waals surface area contributed by atoms with Crippen LogP contribution in [-0.4, -0.2) is 18.8 Å². The third kappa shape index (κ3) is 6.75. The van der Waals surface area contributed by atoms with E-state index >= 15 is 0 Å². The summed E-state index contributed by atoms with van der Waals surface area (Å²) in [6.07, 6.45) is 4.12. The summed E-state index contributed by atoms with van der Waals surface area (Å²) in [5, 5.41) is 7.24. The second-order valence-corrected chi connectivity index (χ2v) is 16.9. The van der Waals surface area contributed by atoms with Gasteiger partial charge in [0.25, 0.3) is 0 Å². The topological polar surface area (TPSA) is 34.6 Å². The molecular formula is C54H51IrN4-. The van der Waals surface area contributed by atoms with Gasteiger partial charge in [-0.25, -0.2) is 4.98 Å². The first-order valence-electron chi connectivity index (χ1n) is 20.9. The average Bonchev–Trinajstić information content (AvgIpc) is 3.90. The summed E-state index contributed by atoms with van der Waals surface area (Å²) >= 11 is 0. The SMILES string of the molecule is CC(C)c1cccc(C(C)C)c1-c1cnc2c3[c-]cccc3c3ccccc3n12.CC(C)c1cccc(C(C)C)c1-c1cnc2c3ccccc3c3ccccc3n12.[Ir]. The van der Waals surface area contributed by atoms with Crippen molar-refractivity contribution in [3.05, 3.63) is 168 Å². The van der Waals surface area contributed by atoms with Crippen molar-refractivity contribution in [2.24, 2.45) is 0 Å². The zero-order valence-electron chi connectivity index (χ0n) is 35.2. The van der Waals surface area contributed by atoms with E-state index in [9.17, 15) is 0 Å². The van der Waals surface area contributed by atoms with Crippen molar-refractivity contribution in [2.75, 3.05) is 0 Å². The predicted molar refractivity (Wildman–Crippen MR) is 246 cm³/mol. The van der Waals surface area contributed by atoms with Crippen LogP contribution < -0.4 is 0 Å². The van der Waals surface area contributed by atoms with Crippen LogP contribution in [0, 0.1) is 6.07 Å². The molecule has 0 aliphatic heterocycles. The predicted octanol–water partition coefficient (Wildman–Crippen LogP) is 14.9. The number of para-hydroxylation sites is 2. The van der Waals surface area contributed by atoms with Gasteiger partial charge in [-0.2, -0.15) is 0 Å². The molecule has 0 N–H and O–H groups in total. The molecular weight excluding hydrogens is 897 g/mol. The minimum absolute atomic E-state index is 0. The van der Waals surface area contributed by atoms with E-state index in [2.05, 4.69) is 204 Å². The number of fused-ring (bicyclic) bond motifs is 12. The summed E-state index contributed by atoms with van der Waals surface area (Å²) < 4.78 is 4.70. The van der Waals surface area contributed by atoms with Crippen molar-refractivity contribution >= 4 is 54.6 Å². The maximum Gasteiger partial charge on any atom is 0.145 e. The van der Waals surface area contributed by atoms with Crippen molar-refractivity contribution in [1.82, 2.24) is 18.8 Å². The molecule has 5 heteroatoms. The second-order valence-electron chi connectivity index (χ2n) is 16.9. The zero-order chi connectivity index (χ0) is 40.2. The van der Waals surface area contributed by atoms with Crippen LogP contribution >= 0.6 is 0 Å². The molecule has 4 aromatic heterocycles. The minimum atomic E-state index is 0. The van der Waals surface area contributed by atoms with Gasteiger partial charge in [-0.1, -0.05) is 158 Å². The summed E-state index contributed by atoms with van der Waals surface area (Å²) in [6, 6.07) is 49.0. The number of hydrogen-bond donors (Lipinski definition) is 0. The van der Waals surface area contributed by atoms with Gasteiger partial charge in [0.15, 0.2) is 0 Å². The fraction of sp³-hybridized carbons (Fsp3) is 0.222. The molecule has 0 saturated heterocycles. The molecule has 0 aliphatic carbocycles. The molecule has 0 fully saturated rings. The van der Waals surface area contributed by atoms with Crippen LogP contribution in [0.5, 0.6) is 0 Å². The molecule has 0 saturated carbocycles. The van der Waals surface area contributed by atoms with E-state index in [4.69, 9.17) is 9.97 Å². The molecule has 0 atom stereocenters. The molecule has 4 nitrogen and oxygen atoms in total. The third-order valence-corrected chi connectivity index (χ3v) is 11.9. The first-order chi connectivity index (χ1) is 28.2. The van der Waals surface area contributed by atoms with Crippen LogP contribution in [0.15, 0.2) is 140 Å². The van der Waals surface area contributed by atoms with E-state index < -0.39 is 0 Å². The number of aromatic nitrogens is 4. The van der Waals surface area contributed by atoms with Crippen LogP contribution in [-0.2, 0) is 20.1 Å². The summed E-state index contributed by atoms with van der Waals surface area (Å²) in [7, 11) is 0. The number of hydrogen-bond acceptors (Lipinski definition) is 2. The molecule has 4 heterocycles. The van der Waals surface area contributed by atoms with E-state index in [1.165, 1.54) is 82.7 Å². The Hall–Kier alpha value is -5.61. The summed E-state index contributed by atoms with van der Waals surface area (Å²) in [5.74, 6) is 1.77. The second kappa shape index (κ2) is 16.2. The molecule has 10 rings (SSSR count). The Balaban J connectivity index is 0.000000161. The van der Waals surface area contributed by atoms with Gasteiger partial charge in [0.2, 0.25) is 0 Å². The van der Waals surface area contributed by atoms with Gasteiger partial charge in [-0.05, 0) is 68.8 Å². The molecule has 0 bridgehead atoms. The molecule has 0 aliphatic rings.